The molecule has 0 aliphatic carbocycles. The average Bonchev–Trinajstić information content (AvgIpc) is 2.97. The Morgan fingerprint density at radius 3 is 3.00 bits per heavy atom. The highest BCUT2D eigenvalue weighted by Crippen LogP contribution is 2.23. The van der Waals surface area contributed by atoms with Gasteiger partial charge in [-0.25, -0.2) is 4.98 Å². The monoisotopic (exact) mass is 301 g/mol. The molecule has 0 radical (unpaired) electrons. The van der Waals surface area contributed by atoms with Crippen LogP contribution in [0.5, 0.6) is 0 Å². The minimum absolute atomic E-state index is 0.202. The van der Waals surface area contributed by atoms with Crippen LogP contribution >= 0.6 is 11.3 Å². The molecule has 21 heavy (non-hydrogen) atoms. The third-order valence-corrected chi connectivity index (χ3v) is 4.76. The predicted octanol–water partition coefficient (Wildman–Crippen LogP) is 3.01. The zero-order valence-electron chi connectivity index (χ0n) is 12.2. The molecule has 1 fully saturated rings. The first kappa shape index (κ1) is 14.2. The van der Waals surface area contributed by atoms with E-state index in [-0.39, 0.29) is 5.91 Å². The standard InChI is InChI=1S/C16H19N3OS/c1-12-3-2-8-19(10-12)15(20)9-14-11-21-16(18-14)13-4-6-17-7-5-13/h4-7,11-12H,2-3,8-10H2,1H3. The third-order valence-electron chi connectivity index (χ3n) is 3.82. The van der Waals surface area contributed by atoms with Gasteiger partial charge in [-0.2, -0.15) is 0 Å². The zero-order valence-corrected chi connectivity index (χ0v) is 13.0. The lowest BCUT2D eigenvalue weighted by Gasteiger charge is -2.30. The number of nitrogens with zero attached hydrogens (tertiary/aromatic N) is 3. The molecule has 3 rings (SSSR count). The quantitative estimate of drug-likeness (QED) is 0.875. The van der Waals surface area contributed by atoms with E-state index in [0.29, 0.717) is 12.3 Å². The van der Waals surface area contributed by atoms with E-state index in [1.54, 1.807) is 23.7 Å². The highest BCUT2D eigenvalue weighted by molar-refractivity contribution is 7.13. The zero-order chi connectivity index (χ0) is 14.7. The summed E-state index contributed by atoms with van der Waals surface area (Å²) >= 11 is 1.58. The van der Waals surface area contributed by atoms with Crippen molar-refractivity contribution in [2.45, 2.75) is 26.2 Å². The van der Waals surface area contributed by atoms with Gasteiger partial charge in [0.15, 0.2) is 0 Å². The Balaban J connectivity index is 1.66. The number of rotatable bonds is 3. The Labute approximate surface area is 128 Å². The lowest BCUT2D eigenvalue weighted by molar-refractivity contribution is -0.132. The van der Waals surface area contributed by atoms with Crippen molar-refractivity contribution in [1.29, 1.82) is 0 Å². The first-order valence-corrected chi connectivity index (χ1v) is 8.23. The van der Waals surface area contributed by atoms with Crippen LogP contribution in [0.1, 0.15) is 25.5 Å². The van der Waals surface area contributed by atoms with Crippen molar-refractivity contribution in [2.24, 2.45) is 5.92 Å². The third kappa shape index (κ3) is 3.47. The minimum atomic E-state index is 0.202. The number of carbonyl (C=O) groups excluding carboxylic acids is 1. The maximum atomic E-state index is 12.3. The number of thiazole rings is 1. The maximum Gasteiger partial charge on any atom is 0.228 e. The van der Waals surface area contributed by atoms with Crippen LogP contribution in [-0.2, 0) is 11.2 Å². The van der Waals surface area contributed by atoms with E-state index in [1.165, 1.54) is 6.42 Å². The summed E-state index contributed by atoms with van der Waals surface area (Å²) in [6, 6.07) is 3.88. The number of hydrogen-bond acceptors (Lipinski definition) is 4. The molecular formula is C16H19N3OS. The van der Waals surface area contributed by atoms with Gasteiger partial charge in [-0.05, 0) is 30.9 Å². The molecule has 110 valence electrons. The predicted molar refractivity (Wildman–Crippen MR) is 84.0 cm³/mol. The molecule has 0 bridgehead atoms. The van der Waals surface area contributed by atoms with E-state index in [0.717, 1.165) is 35.8 Å². The molecule has 5 heteroatoms. The lowest BCUT2D eigenvalue weighted by Crippen LogP contribution is -2.39. The molecule has 1 saturated heterocycles. The molecule has 1 aliphatic rings. The number of carbonyl (C=O) groups is 1. The number of likely N-dealkylation sites (tertiary alicyclic amines) is 1. The van der Waals surface area contributed by atoms with E-state index >= 15 is 0 Å². The Morgan fingerprint density at radius 1 is 1.43 bits per heavy atom. The van der Waals surface area contributed by atoms with Crippen LogP contribution in [0.15, 0.2) is 29.9 Å². The Bertz CT molecular complexity index is 611. The van der Waals surface area contributed by atoms with Crippen molar-refractivity contribution in [3.8, 4) is 10.6 Å². The van der Waals surface area contributed by atoms with Crippen LogP contribution in [0.3, 0.4) is 0 Å². The summed E-state index contributed by atoms with van der Waals surface area (Å²) in [7, 11) is 0. The molecule has 0 aromatic carbocycles. The van der Waals surface area contributed by atoms with Gasteiger partial charge >= 0.3 is 0 Å². The molecule has 4 nitrogen and oxygen atoms in total. The fourth-order valence-corrected chi connectivity index (χ4v) is 3.52. The van der Waals surface area contributed by atoms with Gasteiger partial charge in [-0.15, -0.1) is 11.3 Å². The fraction of sp³-hybridized carbons (Fsp3) is 0.438. The van der Waals surface area contributed by atoms with Crippen LogP contribution in [-0.4, -0.2) is 33.9 Å². The summed E-state index contributed by atoms with van der Waals surface area (Å²) in [4.78, 5) is 22.9. The second kappa shape index (κ2) is 6.35. The summed E-state index contributed by atoms with van der Waals surface area (Å²) in [5.74, 6) is 0.818. The number of aromatic nitrogens is 2. The topological polar surface area (TPSA) is 46.1 Å². The molecule has 0 spiro atoms. The fourth-order valence-electron chi connectivity index (χ4n) is 2.70. The van der Waals surface area contributed by atoms with Crippen LogP contribution in [0, 0.1) is 5.92 Å². The number of hydrogen-bond donors (Lipinski definition) is 0. The highest BCUT2D eigenvalue weighted by atomic mass is 32.1. The summed E-state index contributed by atoms with van der Waals surface area (Å²) in [6.45, 7) is 3.99. The number of piperidine rings is 1. The van der Waals surface area contributed by atoms with Crippen molar-refractivity contribution < 1.29 is 4.79 Å². The first-order chi connectivity index (χ1) is 10.2. The summed E-state index contributed by atoms with van der Waals surface area (Å²) in [6.07, 6.45) is 6.28. The van der Waals surface area contributed by atoms with Gasteiger partial charge in [0, 0.05) is 36.4 Å². The van der Waals surface area contributed by atoms with Crippen molar-refractivity contribution in [3.05, 3.63) is 35.6 Å². The normalized spacial score (nSPS) is 18.7. The molecular weight excluding hydrogens is 282 g/mol. The Morgan fingerprint density at radius 2 is 2.24 bits per heavy atom. The van der Waals surface area contributed by atoms with Crippen molar-refractivity contribution in [3.63, 3.8) is 0 Å². The lowest BCUT2D eigenvalue weighted by atomic mass is 10.00. The molecule has 1 aliphatic heterocycles. The van der Waals surface area contributed by atoms with E-state index in [1.807, 2.05) is 22.4 Å². The minimum Gasteiger partial charge on any atom is -0.342 e. The summed E-state index contributed by atoms with van der Waals surface area (Å²) in [5.41, 5.74) is 1.93. The highest BCUT2D eigenvalue weighted by Gasteiger charge is 2.21. The van der Waals surface area contributed by atoms with Crippen LogP contribution in [0.25, 0.3) is 10.6 Å². The molecule has 2 aromatic rings. The number of amides is 1. The van der Waals surface area contributed by atoms with Gasteiger partial charge in [-0.1, -0.05) is 6.92 Å². The number of pyridine rings is 1. The molecule has 1 unspecified atom stereocenters. The smallest absolute Gasteiger partial charge is 0.228 e. The van der Waals surface area contributed by atoms with Gasteiger partial charge in [0.25, 0.3) is 0 Å². The van der Waals surface area contributed by atoms with Gasteiger partial charge in [0.05, 0.1) is 12.1 Å². The van der Waals surface area contributed by atoms with Crippen molar-refractivity contribution in [2.75, 3.05) is 13.1 Å². The Hall–Kier alpha value is -1.75. The van der Waals surface area contributed by atoms with E-state index in [4.69, 9.17) is 0 Å². The van der Waals surface area contributed by atoms with Crippen LogP contribution in [0.2, 0.25) is 0 Å². The largest absolute Gasteiger partial charge is 0.342 e. The summed E-state index contributed by atoms with van der Waals surface area (Å²) in [5, 5.41) is 2.94. The molecule has 0 saturated carbocycles. The molecule has 0 N–H and O–H groups in total. The van der Waals surface area contributed by atoms with Crippen LogP contribution in [0.4, 0.5) is 0 Å². The van der Waals surface area contributed by atoms with E-state index < -0.39 is 0 Å². The van der Waals surface area contributed by atoms with Gasteiger partial charge in [0.1, 0.15) is 5.01 Å². The summed E-state index contributed by atoms with van der Waals surface area (Å²) < 4.78 is 0. The van der Waals surface area contributed by atoms with Gasteiger partial charge in [-0.3, -0.25) is 9.78 Å². The van der Waals surface area contributed by atoms with Gasteiger partial charge in [0.2, 0.25) is 5.91 Å². The maximum absolute atomic E-state index is 12.3. The molecule has 3 heterocycles. The SMILES string of the molecule is CC1CCCN(C(=O)Cc2csc(-c3ccncc3)n2)C1. The van der Waals surface area contributed by atoms with Gasteiger partial charge < -0.3 is 4.90 Å². The van der Waals surface area contributed by atoms with Crippen molar-refractivity contribution in [1.82, 2.24) is 14.9 Å². The molecule has 2 aromatic heterocycles. The molecule has 1 amide bonds. The van der Waals surface area contributed by atoms with Crippen molar-refractivity contribution >= 4 is 17.2 Å². The average molecular weight is 301 g/mol. The first-order valence-electron chi connectivity index (χ1n) is 7.35. The van der Waals surface area contributed by atoms with Crippen LogP contribution < -0.4 is 0 Å². The second-order valence-electron chi connectivity index (χ2n) is 5.64. The Kier molecular flexibility index (Phi) is 4.29. The van der Waals surface area contributed by atoms with E-state index in [2.05, 4.69) is 16.9 Å². The second-order valence-corrected chi connectivity index (χ2v) is 6.50. The van der Waals surface area contributed by atoms with E-state index in [9.17, 15) is 4.79 Å². The molecule has 1 atom stereocenters.